The second-order valence-electron chi connectivity index (χ2n) is 10.3. The van der Waals surface area contributed by atoms with Crippen LogP contribution < -0.4 is 15.9 Å². The molecule has 0 saturated carbocycles. The van der Waals surface area contributed by atoms with Gasteiger partial charge in [0.15, 0.2) is 0 Å². The van der Waals surface area contributed by atoms with Gasteiger partial charge in [0.1, 0.15) is 0 Å². The van der Waals surface area contributed by atoms with Crippen molar-refractivity contribution in [2.45, 2.75) is 53.3 Å². The van der Waals surface area contributed by atoms with Crippen LogP contribution >= 0.6 is 18.2 Å². The Morgan fingerprint density at radius 3 is 1.24 bits per heavy atom. The van der Waals surface area contributed by atoms with Crippen LogP contribution in [0.5, 0.6) is 0 Å². The van der Waals surface area contributed by atoms with E-state index in [1.165, 1.54) is 54.6 Å². The summed E-state index contributed by atoms with van der Waals surface area (Å²) < 4.78 is 0. The standard InChI is InChI=1S/C31H36ClP/c1-21-12-9-15-27(18-21)33(8,28-16-10-13-22(2)19-28,29-17-11-14-23(3)20-29)30-25(5)24(4)26(6)31(30,7)32/h9-20H,1-8H3. The van der Waals surface area contributed by atoms with Crippen LogP contribution in [-0.2, 0) is 0 Å². The summed E-state index contributed by atoms with van der Waals surface area (Å²) in [5.41, 5.74) is 7.76. The first-order valence-corrected chi connectivity index (χ1v) is 14.8. The van der Waals surface area contributed by atoms with Gasteiger partial charge in [0.2, 0.25) is 0 Å². The molecule has 0 bridgehead atoms. The van der Waals surface area contributed by atoms with E-state index in [1.807, 2.05) is 0 Å². The van der Waals surface area contributed by atoms with Crippen molar-refractivity contribution >= 4 is 34.1 Å². The van der Waals surface area contributed by atoms with Crippen molar-refractivity contribution in [3.63, 3.8) is 0 Å². The minimum absolute atomic E-state index is 0.558. The molecule has 0 nitrogen and oxygen atoms in total. The summed E-state index contributed by atoms with van der Waals surface area (Å²) in [4.78, 5) is -0.558. The van der Waals surface area contributed by atoms with E-state index in [0.29, 0.717) is 0 Å². The molecule has 1 aliphatic carbocycles. The van der Waals surface area contributed by atoms with Crippen LogP contribution in [0.4, 0.5) is 0 Å². The topological polar surface area (TPSA) is 0 Å². The summed E-state index contributed by atoms with van der Waals surface area (Å²) in [5, 5.41) is 5.51. The fraction of sp³-hybridized carbons (Fsp3) is 0.290. The van der Waals surface area contributed by atoms with Crippen LogP contribution in [0.25, 0.3) is 0 Å². The van der Waals surface area contributed by atoms with Gasteiger partial charge in [-0.2, -0.15) is 0 Å². The number of benzene rings is 3. The van der Waals surface area contributed by atoms with E-state index in [4.69, 9.17) is 11.6 Å². The summed E-state index contributed by atoms with van der Waals surface area (Å²) >= 11 is 7.63. The average Bonchev–Trinajstić information content (AvgIpc) is 2.93. The predicted molar refractivity (Wildman–Crippen MR) is 151 cm³/mol. The van der Waals surface area contributed by atoms with Crippen molar-refractivity contribution in [1.29, 1.82) is 0 Å². The van der Waals surface area contributed by atoms with Gasteiger partial charge < -0.3 is 0 Å². The van der Waals surface area contributed by atoms with E-state index < -0.39 is 11.5 Å². The quantitative estimate of drug-likeness (QED) is 0.268. The van der Waals surface area contributed by atoms with Crippen LogP contribution in [0, 0.1) is 20.8 Å². The van der Waals surface area contributed by atoms with Gasteiger partial charge in [0, 0.05) is 0 Å². The Kier molecular flexibility index (Phi) is 5.80. The van der Waals surface area contributed by atoms with Gasteiger partial charge in [0.25, 0.3) is 0 Å². The maximum absolute atomic E-state index is 7.63. The Morgan fingerprint density at radius 2 is 0.970 bits per heavy atom. The van der Waals surface area contributed by atoms with Crippen molar-refractivity contribution in [2.24, 2.45) is 0 Å². The van der Waals surface area contributed by atoms with E-state index in [9.17, 15) is 0 Å². The first-order chi connectivity index (χ1) is 15.4. The van der Waals surface area contributed by atoms with Gasteiger partial charge in [-0.3, -0.25) is 0 Å². The molecule has 0 amide bonds. The number of rotatable bonds is 4. The molecular formula is C31H36ClP. The summed E-state index contributed by atoms with van der Waals surface area (Å²) in [6, 6.07) is 27.4. The van der Waals surface area contributed by atoms with Gasteiger partial charge in [-0.05, 0) is 0 Å². The van der Waals surface area contributed by atoms with E-state index in [1.54, 1.807) is 0 Å². The number of hydrogen-bond acceptors (Lipinski definition) is 0. The van der Waals surface area contributed by atoms with Crippen LogP contribution in [-0.4, -0.2) is 11.5 Å². The fourth-order valence-electron chi connectivity index (χ4n) is 6.05. The van der Waals surface area contributed by atoms with E-state index >= 15 is 0 Å². The number of halogens is 1. The van der Waals surface area contributed by atoms with E-state index in [2.05, 4.69) is 128 Å². The van der Waals surface area contributed by atoms with E-state index in [0.717, 1.165) is 0 Å². The zero-order valence-electron chi connectivity index (χ0n) is 21.3. The second-order valence-corrected chi connectivity index (χ2v) is 16.2. The van der Waals surface area contributed by atoms with Gasteiger partial charge in [-0.15, -0.1) is 0 Å². The maximum atomic E-state index is 7.63. The molecule has 0 fully saturated rings. The monoisotopic (exact) mass is 474 g/mol. The van der Waals surface area contributed by atoms with Gasteiger partial charge in [-0.1, -0.05) is 0 Å². The molecule has 1 atom stereocenters. The van der Waals surface area contributed by atoms with Crippen molar-refractivity contribution in [2.75, 3.05) is 6.66 Å². The van der Waals surface area contributed by atoms with Crippen molar-refractivity contribution in [1.82, 2.24) is 0 Å². The van der Waals surface area contributed by atoms with Gasteiger partial charge in [-0.25, -0.2) is 0 Å². The van der Waals surface area contributed by atoms with Crippen molar-refractivity contribution in [3.8, 4) is 0 Å². The van der Waals surface area contributed by atoms with Crippen LogP contribution in [0.15, 0.2) is 94.8 Å². The van der Waals surface area contributed by atoms with Gasteiger partial charge in [0.05, 0.1) is 0 Å². The Labute approximate surface area is 205 Å². The number of aryl methyl sites for hydroxylation is 3. The third-order valence-corrected chi connectivity index (χ3v) is 15.3. The molecule has 4 rings (SSSR count). The Hall–Kier alpha value is -2.14. The molecule has 0 aliphatic heterocycles. The molecule has 1 aliphatic rings. The molecule has 0 N–H and O–H groups in total. The normalized spacial score (nSPS) is 20.2. The predicted octanol–water partition coefficient (Wildman–Crippen LogP) is 7.69. The molecular weight excluding hydrogens is 439 g/mol. The summed E-state index contributed by atoms with van der Waals surface area (Å²) in [5.74, 6) is 0. The molecule has 0 aromatic heterocycles. The summed E-state index contributed by atoms with van der Waals surface area (Å²) in [7, 11) is 0. The Morgan fingerprint density at radius 1 is 0.606 bits per heavy atom. The third kappa shape index (κ3) is 3.30. The first-order valence-electron chi connectivity index (χ1n) is 11.7. The number of alkyl halides is 1. The fourth-order valence-corrected chi connectivity index (χ4v) is 13.8. The van der Waals surface area contributed by atoms with Crippen LogP contribution in [0.2, 0.25) is 0 Å². The zero-order valence-corrected chi connectivity index (χ0v) is 22.9. The third-order valence-electron chi connectivity index (χ3n) is 8.13. The van der Waals surface area contributed by atoms with Crippen LogP contribution in [0.3, 0.4) is 0 Å². The molecule has 3 aromatic carbocycles. The minimum atomic E-state index is -3.19. The summed E-state index contributed by atoms with van der Waals surface area (Å²) in [6.07, 6.45) is 0. The molecule has 1 unspecified atom stereocenters. The van der Waals surface area contributed by atoms with Crippen molar-refractivity contribution < 1.29 is 0 Å². The molecule has 0 saturated heterocycles. The first kappa shape index (κ1) is 24.0. The van der Waals surface area contributed by atoms with E-state index in [-0.39, 0.29) is 0 Å². The Balaban J connectivity index is 2.34. The molecule has 0 spiro atoms. The average molecular weight is 475 g/mol. The molecule has 3 aromatic rings. The summed E-state index contributed by atoms with van der Waals surface area (Å²) in [6.45, 7) is 14.9. The number of allylic oxidation sites excluding steroid dienone is 4. The Bertz CT molecular complexity index is 1210. The molecule has 0 radical (unpaired) electrons. The SMILES string of the molecule is CC1=C(C)C(C)(Cl)C(P(C)(c2cccc(C)c2)(c2cccc(C)c2)c2cccc(C)c2)=C1C. The molecule has 0 heterocycles. The van der Waals surface area contributed by atoms with Gasteiger partial charge >= 0.3 is 206 Å². The molecule has 33 heavy (non-hydrogen) atoms. The molecule has 172 valence electrons. The zero-order chi connectivity index (χ0) is 24.2. The number of hydrogen-bond donors (Lipinski definition) is 0. The second kappa shape index (κ2) is 7.97. The van der Waals surface area contributed by atoms with Crippen LogP contribution in [0.1, 0.15) is 44.4 Å². The van der Waals surface area contributed by atoms with Crippen molar-refractivity contribution in [3.05, 3.63) is 112 Å². The molecule has 2 heteroatoms.